The minimum atomic E-state index is -0.724. The van der Waals surface area contributed by atoms with E-state index in [0.29, 0.717) is 22.9 Å². The molecule has 3 aromatic rings. The Morgan fingerprint density at radius 2 is 1.78 bits per heavy atom. The molecule has 0 radical (unpaired) electrons. The number of hydrogen-bond acceptors (Lipinski definition) is 7. The lowest BCUT2D eigenvalue weighted by molar-refractivity contribution is -0.119. The van der Waals surface area contributed by atoms with Gasteiger partial charge in [0.2, 0.25) is 5.91 Å². The molecule has 0 saturated heterocycles. The summed E-state index contributed by atoms with van der Waals surface area (Å²) < 4.78 is 16.1. The van der Waals surface area contributed by atoms with Gasteiger partial charge in [-0.15, -0.1) is 0 Å². The summed E-state index contributed by atoms with van der Waals surface area (Å²) in [6, 6.07) is 14.7. The number of methoxy groups -OCH3 is 1. The Morgan fingerprint density at radius 3 is 2.50 bits per heavy atom. The largest absolute Gasteiger partial charge is 0.495 e. The quantitative estimate of drug-likeness (QED) is 0.519. The molecule has 0 atom stereocenters. The zero-order valence-corrected chi connectivity index (χ0v) is 17.5. The van der Waals surface area contributed by atoms with Gasteiger partial charge >= 0.3 is 5.97 Å². The number of rotatable bonds is 8. The number of ether oxygens (including phenoxy) is 3. The first-order chi connectivity index (χ1) is 15.5. The highest BCUT2D eigenvalue weighted by Gasteiger charge is 2.17. The van der Waals surface area contributed by atoms with Gasteiger partial charge in [-0.3, -0.25) is 14.6 Å². The molecular weight excluding hydrogens is 414 g/mol. The fourth-order valence-corrected chi connectivity index (χ4v) is 2.74. The van der Waals surface area contributed by atoms with E-state index in [2.05, 4.69) is 15.6 Å². The van der Waals surface area contributed by atoms with Crippen LogP contribution < -0.4 is 20.1 Å². The average molecular weight is 435 g/mol. The molecule has 3 rings (SSSR count). The van der Waals surface area contributed by atoms with Crippen molar-refractivity contribution in [2.75, 3.05) is 24.4 Å². The molecule has 2 amide bonds. The van der Waals surface area contributed by atoms with Crippen LogP contribution in [0.15, 0.2) is 67.0 Å². The van der Waals surface area contributed by atoms with E-state index in [1.165, 1.54) is 32.4 Å². The number of pyridine rings is 1. The van der Waals surface area contributed by atoms with Gasteiger partial charge in [0.05, 0.1) is 19.0 Å². The van der Waals surface area contributed by atoms with Gasteiger partial charge in [-0.25, -0.2) is 4.79 Å². The molecule has 2 aromatic carbocycles. The van der Waals surface area contributed by atoms with Crippen LogP contribution in [0.3, 0.4) is 0 Å². The number of aromatic nitrogens is 1. The smallest absolute Gasteiger partial charge is 0.342 e. The summed E-state index contributed by atoms with van der Waals surface area (Å²) in [5, 5.41) is 5.22. The standard InChI is InChI=1S/C23H21N3O6/c1-15(27)25-16-9-10-21(30-2)19(12-16)26-22(28)14-31-23(29)18-7-3-4-8-20(18)32-17-6-5-11-24-13-17/h3-13H,14H2,1-2H3,(H,25,27)(H,26,28). The van der Waals surface area contributed by atoms with Crippen LogP contribution in [0, 0.1) is 0 Å². The molecule has 0 saturated carbocycles. The van der Waals surface area contributed by atoms with Crippen molar-refractivity contribution in [1.82, 2.24) is 4.98 Å². The maximum atomic E-state index is 12.5. The lowest BCUT2D eigenvalue weighted by Crippen LogP contribution is -2.21. The van der Waals surface area contributed by atoms with Gasteiger partial charge in [0.1, 0.15) is 22.8 Å². The number of anilines is 2. The molecule has 0 unspecified atom stereocenters. The van der Waals surface area contributed by atoms with Gasteiger partial charge in [-0.2, -0.15) is 0 Å². The Bertz CT molecular complexity index is 1120. The van der Waals surface area contributed by atoms with E-state index in [9.17, 15) is 14.4 Å². The topological polar surface area (TPSA) is 116 Å². The van der Waals surface area contributed by atoms with E-state index in [1.54, 1.807) is 48.7 Å². The summed E-state index contributed by atoms with van der Waals surface area (Å²) in [4.78, 5) is 40.1. The Balaban J connectivity index is 1.65. The van der Waals surface area contributed by atoms with Crippen molar-refractivity contribution in [1.29, 1.82) is 0 Å². The third-order valence-electron chi connectivity index (χ3n) is 4.10. The molecule has 9 nitrogen and oxygen atoms in total. The maximum Gasteiger partial charge on any atom is 0.342 e. The van der Waals surface area contributed by atoms with E-state index in [4.69, 9.17) is 14.2 Å². The highest BCUT2D eigenvalue weighted by Crippen LogP contribution is 2.28. The Kier molecular flexibility index (Phi) is 7.37. The third-order valence-corrected chi connectivity index (χ3v) is 4.10. The second kappa shape index (κ2) is 10.6. The minimum absolute atomic E-state index is 0.161. The molecule has 2 N–H and O–H groups in total. The first kappa shape index (κ1) is 22.3. The maximum absolute atomic E-state index is 12.5. The second-order valence-electron chi connectivity index (χ2n) is 6.51. The Morgan fingerprint density at radius 1 is 0.969 bits per heavy atom. The molecule has 164 valence electrons. The van der Waals surface area contributed by atoms with Crippen molar-refractivity contribution in [3.63, 3.8) is 0 Å². The summed E-state index contributed by atoms with van der Waals surface area (Å²) in [5.74, 6) is -0.448. The molecule has 0 bridgehead atoms. The molecule has 0 spiro atoms. The predicted molar refractivity (Wildman–Crippen MR) is 117 cm³/mol. The number of carbonyl (C=O) groups is 3. The summed E-state index contributed by atoms with van der Waals surface area (Å²) in [6.45, 7) is 0.839. The third kappa shape index (κ3) is 6.05. The zero-order chi connectivity index (χ0) is 22.9. The van der Waals surface area contributed by atoms with Crippen molar-refractivity contribution in [3.05, 3.63) is 72.6 Å². The molecule has 0 aliphatic rings. The normalized spacial score (nSPS) is 10.1. The molecule has 32 heavy (non-hydrogen) atoms. The number of benzene rings is 2. The van der Waals surface area contributed by atoms with Gasteiger partial charge < -0.3 is 24.8 Å². The highest BCUT2D eigenvalue weighted by atomic mass is 16.5. The van der Waals surface area contributed by atoms with E-state index >= 15 is 0 Å². The zero-order valence-electron chi connectivity index (χ0n) is 17.5. The molecular formula is C23H21N3O6. The van der Waals surface area contributed by atoms with Gasteiger partial charge in [0.15, 0.2) is 6.61 Å². The number of carbonyl (C=O) groups excluding carboxylic acids is 3. The Hall–Kier alpha value is -4.40. The van der Waals surface area contributed by atoms with E-state index in [1.807, 2.05) is 0 Å². The Labute approximate surface area is 184 Å². The van der Waals surface area contributed by atoms with Crippen molar-refractivity contribution in [2.45, 2.75) is 6.92 Å². The van der Waals surface area contributed by atoms with Gasteiger partial charge in [0, 0.05) is 18.8 Å². The SMILES string of the molecule is COc1ccc(NC(C)=O)cc1NC(=O)COC(=O)c1ccccc1Oc1cccnc1. The number of nitrogens with zero attached hydrogens (tertiary/aromatic N) is 1. The van der Waals surface area contributed by atoms with E-state index < -0.39 is 18.5 Å². The summed E-state index contributed by atoms with van der Waals surface area (Å²) in [6.07, 6.45) is 3.12. The molecule has 0 aliphatic heterocycles. The molecule has 1 aromatic heterocycles. The summed E-state index contributed by atoms with van der Waals surface area (Å²) >= 11 is 0. The van der Waals surface area contributed by atoms with Crippen LogP contribution in [0.4, 0.5) is 11.4 Å². The minimum Gasteiger partial charge on any atom is -0.495 e. The van der Waals surface area contributed by atoms with Crippen molar-refractivity contribution >= 4 is 29.2 Å². The van der Waals surface area contributed by atoms with Crippen molar-refractivity contribution < 1.29 is 28.6 Å². The number of amides is 2. The fourth-order valence-electron chi connectivity index (χ4n) is 2.74. The number of hydrogen-bond donors (Lipinski definition) is 2. The monoisotopic (exact) mass is 435 g/mol. The van der Waals surface area contributed by atoms with Crippen LogP contribution in [0.5, 0.6) is 17.2 Å². The van der Waals surface area contributed by atoms with E-state index in [0.717, 1.165) is 0 Å². The first-order valence-corrected chi connectivity index (χ1v) is 9.56. The lowest BCUT2D eigenvalue weighted by atomic mass is 10.2. The highest BCUT2D eigenvalue weighted by molar-refractivity contribution is 5.98. The van der Waals surface area contributed by atoms with Gasteiger partial charge in [0.25, 0.3) is 5.91 Å². The van der Waals surface area contributed by atoms with Crippen LogP contribution in [-0.2, 0) is 14.3 Å². The van der Waals surface area contributed by atoms with Crippen LogP contribution >= 0.6 is 0 Å². The number of nitrogens with one attached hydrogen (secondary N) is 2. The van der Waals surface area contributed by atoms with Gasteiger partial charge in [-0.05, 0) is 42.5 Å². The van der Waals surface area contributed by atoms with Gasteiger partial charge in [-0.1, -0.05) is 12.1 Å². The summed E-state index contributed by atoms with van der Waals surface area (Å²) in [5.41, 5.74) is 0.960. The fraction of sp³-hybridized carbons (Fsp3) is 0.130. The van der Waals surface area contributed by atoms with Crippen molar-refractivity contribution in [3.8, 4) is 17.2 Å². The average Bonchev–Trinajstić information content (AvgIpc) is 2.78. The number of para-hydroxylation sites is 1. The second-order valence-corrected chi connectivity index (χ2v) is 6.51. The van der Waals surface area contributed by atoms with Crippen molar-refractivity contribution in [2.24, 2.45) is 0 Å². The van der Waals surface area contributed by atoms with Crippen LogP contribution in [0.2, 0.25) is 0 Å². The molecule has 0 aliphatic carbocycles. The predicted octanol–water partition coefficient (Wildman–Crippen LogP) is 3.64. The molecule has 1 heterocycles. The van der Waals surface area contributed by atoms with Crippen LogP contribution in [0.25, 0.3) is 0 Å². The van der Waals surface area contributed by atoms with Crippen LogP contribution in [-0.4, -0.2) is 36.5 Å². The summed E-state index contributed by atoms with van der Waals surface area (Å²) in [7, 11) is 1.45. The molecule has 0 fully saturated rings. The van der Waals surface area contributed by atoms with Crippen LogP contribution in [0.1, 0.15) is 17.3 Å². The van der Waals surface area contributed by atoms with E-state index in [-0.39, 0.29) is 17.2 Å². The first-order valence-electron chi connectivity index (χ1n) is 9.56. The number of esters is 1. The lowest BCUT2D eigenvalue weighted by Gasteiger charge is -2.13. The molecule has 9 heteroatoms.